The van der Waals surface area contributed by atoms with E-state index in [1.807, 2.05) is 0 Å². The van der Waals surface area contributed by atoms with E-state index in [4.69, 9.17) is 4.74 Å². The predicted octanol–water partition coefficient (Wildman–Crippen LogP) is 2.74. The van der Waals surface area contributed by atoms with Crippen molar-refractivity contribution in [1.29, 1.82) is 0 Å². The van der Waals surface area contributed by atoms with Crippen molar-refractivity contribution in [3.8, 4) is 0 Å². The molecule has 1 aromatic rings. The van der Waals surface area contributed by atoms with E-state index in [1.165, 1.54) is 11.0 Å². The van der Waals surface area contributed by atoms with Crippen LogP contribution >= 0.6 is 0 Å². The number of hydrogen-bond donors (Lipinski definition) is 1. The Kier molecular flexibility index (Phi) is 4.23. The second-order valence-corrected chi connectivity index (χ2v) is 6.64. The van der Waals surface area contributed by atoms with Crippen molar-refractivity contribution in [3.63, 3.8) is 0 Å². The summed E-state index contributed by atoms with van der Waals surface area (Å²) in [4.78, 5) is 13.5. The second-order valence-electron chi connectivity index (χ2n) is 6.64. The first-order chi connectivity index (χ1) is 9.69. The SMILES string of the molecule is CC(C)(C)OC(=O)N1CCC(O)(Cc2ccccc2F)C1. The molecule has 1 atom stereocenters. The van der Waals surface area contributed by atoms with Crippen LogP contribution in [0.3, 0.4) is 0 Å². The molecule has 1 fully saturated rings. The van der Waals surface area contributed by atoms with Crippen molar-refractivity contribution in [2.75, 3.05) is 13.1 Å². The molecular weight excluding hydrogens is 273 g/mol. The van der Waals surface area contributed by atoms with Gasteiger partial charge in [0.05, 0.1) is 12.1 Å². The number of carbonyl (C=O) groups excluding carboxylic acids is 1. The van der Waals surface area contributed by atoms with Crippen molar-refractivity contribution in [3.05, 3.63) is 35.6 Å². The molecule has 1 heterocycles. The third-order valence-corrected chi connectivity index (χ3v) is 3.46. The number of carbonyl (C=O) groups is 1. The zero-order valence-electron chi connectivity index (χ0n) is 12.7. The number of amides is 1. The van der Waals surface area contributed by atoms with E-state index in [1.54, 1.807) is 39.0 Å². The van der Waals surface area contributed by atoms with Crippen LogP contribution in [0.5, 0.6) is 0 Å². The van der Waals surface area contributed by atoms with Crippen LogP contribution in [0.15, 0.2) is 24.3 Å². The van der Waals surface area contributed by atoms with Crippen molar-refractivity contribution >= 4 is 6.09 Å². The fourth-order valence-electron chi connectivity index (χ4n) is 2.48. The van der Waals surface area contributed by atoms with Crippen LogP contribution in [0.1, 0.15) is 32.8 Å². The highest BCUT2D eigenvalue weighted by Crippen LogP contribution is 2.27. The van der Waals surface area contributed by atoms with Gasteiger partial charge in [-0.05, 0) is 38.8 Å². The van der Waals surface area contributed by atoms with Crippen LogP contribution in [-0.4, -0.2) is 40.4 Å². The van der Waals surface area contributed by atoms with E-state index in [-0.39, 0.29) is 18.8 Å². The van der Waals surface area contributed by atoms with Crippen LogP contribution in [0.2, 0.25) is 0 Å². The minimum Gasteiger partial charge on any atom is -0.444 e. The number of hydrogen-bond acceptors (Lipinski definition) is 3. The van der Waals surface area contributed by atoms with Crippen LogP contribution in [-0.2, 0) is 11.2 Å². The standard InChI is InChI=1S/C16H22FNO3/c1-15(2,3)21-14(19)18-9-8-16(20,11-18)10-12-6-4-5-7-13(12)17/h4-7,20H,8-11H2,1-3H3. The summed E-state index contributed by atoms with van der Waals surface area (Å²) in [6, 6.07) is 6.38. The number of nitrogens with zero attached hydrogens (tertiary/aromatic N) is 1. The zero-order valence-corrected chi connectivity index (χ0v) is 12.7. The van der Waals surface area contributed by atoms with Gasteiger partial charge in [-0.2, -0.15) is 0 Å². The van der Waals surface area contributed by atoms with Gasteiger partial charge in [0.25, 0.3) is 0 Å². The number of benzene rings is 1. The number of β-amino-alcohol motifs (C(OH)–C–C–N with tert-alkyl or cyclic N) is 1. The number of halogens is 1. The molecule has 1 aromatic carbocycles. The molecular formula is C16H22FNO3. The molecule has 2 rings (SSSR count). The lowest BCUT2D eigenvalue weighted by Gasteiger charge is -2.26. The number of ether oxygens (including phenoxy) is 1. The van der Waals surface area contributed by atoms with Gasteiger partial charge in [-0.1, -0.05) is 18.2 Å². The Bertz CT molecular complexity index is 526. The third-order valence-electron chi connectivity index (χ3n) is 3.46. The molecule has 1 unspecified atom stereocenters. The highest BCUT2D eigenvalue weighted by Gasteiger charge is 2.40. The average molecular weight is 295 g/mol. The number of aliphatic hydroxyl groups is 1. The smallest absolute Gasteiger partial charge is 0.410 e. The molecule has 1 amide bonds. The van der Waals surface area contributed by atoms with E-state index in [2.05, 4.69) is 0 Å². The fourth-order valence-corrected chi connectivity index (χ4v) is 2.48. The van der Waals surface area contributed by atoms with Crippen molar-refractivity contribution in [2.24, 2.45) is 0 Å². The molecule has 1 N–H and O–H groups in total. The first-order valence-electron chi connectivity index (χ1n) is 7.12. The van der Waals surface area contributed by atoms with Crippen LogP contribution < -0.4 is 0 Å². The Morgan fingerprint density at radius 3 is 2.71 bits per heavy atom. The molecule has 5 heteroatoms. The Morgan fingerprint density at radius 2 is 2.10 bits per heavy atom. The van der Waals surface area contributed by atoms with Crippen molar-refractivity contribution in [2.45, 2.75) is 44.8 Å². The molecule has 0 spiro atoms. The van der Waals surface area contributed by atoms with Crippen LogP contribution in [0.25, 0.3) is 0 Å². The molecule has 0 aromatic heterocycles. The van der Waals surface area contributed by atoms with Gasteiger partial charge in [-0.25, -0.2) is 9.18 Å². The lowest BCUT2D eigenvalue weighted by Crippen LogP contribution is -2.40. The highest BCUT2D eigenvalue weighted by atomic mass is 19.1. The van der Waals surface area contributed by atoms with Gasteiger partial charge >= 0.3 is 6.09 Å². The summed E-state index contributed by atoms with van der Waals surface area (Å²) in [5.41, 5.74) is -1.20. The normalized spacial score (nSPS) is 22.4. The van der Waals surface area contributed by atoms with E-state index in [0.29, 0.717) is 18.5 Å². The van der Waals surface area contributed by atoms with Crippen molar-refractivity contribution < 1.29 is 19.0 Å². The Morgan fingerprint density at radius 1 is 1.43 bits per heavy atom. The fraction of sp³-hybridized carbons (Fsp3) is 0.562. The predicted molar refractivity (Wildman–Crippen MR) is 77.5 cm³/mol. The van der Waals surface area contributed by atoms with Gasteiger partial charge in [-0.15, -0.1) is 0 Å². The average Bonchev–Trinajstić information content (AvgIpc) is 2.73. The zero-order chi connectivity index (χ0) is 15.7. The van der Waals surface area contributed by atoms with E-state index < -0.39 is 17.3 Å². The number of rotatable bonds is 2. The summed E-state index contributed by atoms with van der Waals surface area (Å²) < 4.78 is 19.0. The summed E-state index contributed by atoms with van der Waals surface area (Å²) in [5, 5.41) is 10.6. The molecule has 4 nitrogen and oxygen atoms in total. The van der Waals surface area contributed by atoms with Gasteiger partial charge in [0.15, 0.2) is 0 Å². The molecule has 1 aliphatic heterocycles. The molecule has 21 heavy (non-hydrogen) atoms. The molecule has 1 saturated heterocycles. The molecule has 0 radical (unpaired) electrons. The maximum absolute atomic E-state index is 13.7. The van der Waals surface area contributed by atoms with E-state index in [9.17, 15) is 14.3 Å². The van der Waals surface area contributed by atoms with Gasteiger partial charge < -0.3 is 14.7 Å². The largest absolute Gasteiger partial charge is 0.444 e. The summed E-state index contributed by atoms with van der Waals surface area (Å²) in [6.07, 6.45) is 0.173. The summed E-state index contributed by atoms with van der Waals surface area (Å²) in [5.74, 6) is -0.332. The maximum Gasteiger partial charge on any atom is 0.410 e. The maximum atomic E-state index is 13.7. The summed E-state index contributed by atoms with van der Waals surface area (Å²) >= 11 is 0. The van der Waals surface area contributed by atoms with Gasteiger partial charge in [-0.3, -0.25) is 0 Å². The third kappa shape index (κ3) is 4.17. The van der Waals surface area contributed by atoms with Crippen molar-refractivity contribution in [1.82, 2.24) is 4.90 Å². The molecule has 0 saturated carbocycles. The first-order valence-corrected chi connectivity index (χ1v) is 7.12. The van der Waals surface area contributed by atoms with Crippen LogP contribution in [0.4, 0.5) is 9.18 Å². The Hall–Kier alpha value is -1.62. The quantitative estimate of drug-likeness (QED) is 0.912. The lowest BCUT2D eigenvalue weighted by molar-refractivity contribution is 0.0151. The summed E-state index contributed by atoms with van der Waals surface area (Å²) in [6.45, 7) is 5.97. The molecule has 0 aliphatic carbocycles. The molecule has 0 bridgehead atoms. The Labute approximate surface area is 124 Å². The summed E-state index contributed by atoms with van der Waals surface area (Å²) in [7, 11) is 0. The topological polar surface area (TPSA) is 49.8 Å². The van der Waals surface area contributed by atoms with Gasteiger partial charge in [0.1, 0.15) is 11.4 Å². The molecule has 1 aliphatic rings. The molecule has 116 valence electrons. The Balaban J connectivity index is 2.00. The van der Waals surface area contributed by atoms with Gasteiger partial charge in [0.2, 0.25) is 0 Å². The van der Waals surface area contributed by atoms with Crippen LogP contribution in [0, 0.1) is 5.82 Å². The van der Waals surface area contributed by atoms with E-state index in [0.717, 1.165) is 0 Å². The minimum absolute atomic E-state index is 0.163. The van der Waals surface area contributed by atoms with E-state index >= 15 is 0 Å². The minimum atomic E-state index is -1.10. The first kappa shape index (κ1) is 15.8. The van der Waals surface area contributed by atoms with Gasteiger partial charge in [0, 0.05) is 13.0 Å². The monoisotopic (exact) mass is 295 g/mol. The number of likely N-dealkylation sites (tertiary alicyclic amines) is 1. The lowest BCUT2D eigenvalue weighted by atomic mass is 9.93. The second kappa shape index (κ2) is 5.64. The highest BCUT2D eigenvalue weighted by molar-refractivity contribution is 5.68.